The number of esters is 2. The molecular weight excluding hydrogens is 256 g/mol. The minimum absolute atomic E-state index is 0.197. The first kappa shape index (κ1) is 11.6. The summed E-state index contributed by atoms with van der Waals surface area (Å²) in [6.45, 7) is 4.78. The van der Waals surface area contributed by atoms with Crippen LogP contribution in [0.4, 0.5) is 0 Å². The summed E-state index contributed by atoms with van der Waals surface area (Å²) in [6.07, 6.45) is 0. The molecule has 6 aliphatic rings. The van der Waals surface area contributed by atoms with Crippen molar-refractivity contribution in [2.75, 3.05) is 14.2 Å². The van der Waals surface area contributed by atoms with E-state index in [2.05, 4.69) is 13.8 Å². The molecule has 0 aliphatic heterocycles. The predicted octanol–water partition coefficient (Wildman–Crippen LogP) is 1.34. The van der Waals surface area contributed by atoms with Crippen molar-refractivity contribution in [2.45, 2.75) is 13.8 Å². The van der Waals surface area contributed by atoms with E-state index in [0.717, 1.165) is 0 Å². The summed E-state index contributed by atoms with van der Waals surface area (Å²) < 4.78 is 10.1. The van der Waals surface area contributed by atoms with Gasteiger partial charge in [-0.2, -0.15) is 0 Å². The zero-order valence-corrected chi connectivity index (χ0v) is 12.3. The van der Waals surface area contributed by atoms with Crippen LogP contribution in [0.5, 0.6) is 0 Å². The van der Waals surface area contributed by atoms with Crippen LogP contribution >= 0.6 is 0 Å². The van der Waals surface area contributed by atoms with Crippen molar-refractivity contribution in [2.24, 2.45) is 58.2 Å². The normalized spacial score (nSPS) is 65.8. The molecule has 4 heteroatoms. The maximum absolute atomic E-state index is 12.3. The van der Waals surface area contributed by atoms with Crippen LogP contribution in [-0.2, 0) is 19.1 Å². The van der Waals surface area contributed by atoms with Crippen LogP contribution in [0.3, 0.4) is 0 Å². The number of ether oxygens (including phenoxy) is 2. The topological polar surface area (TPSA) is 52.6 Å². The molecule has 20 heavy (non-hydrogen) atoms. The number of fused-ring (bicyclic) bond motifs is 1. The van der Waals surface area contributed by atoms with Gasteiger partial charge in [-0.25, -0.2) is 0 Å². The minimum atomic E-state index is -0.258. The van der Waals surface area contributed by atoms with Crippen LogP contribution in [-0.4, -0.2) is 26.2 Å². The average molecular weight is 276 g/mol. The molecular formula is C16H20O4. The fourth-order valence-corrected chi connectivity index (χ4v) is 7.85. The summed E-state index contributed by atoms with van der Waals surface area (Å²) in [7, 11) is 2.87. The highest BCUT2D eigenvalue weighted by Crippen LogP contribution is 3.03. The van der Waals surface area contributed by atoms with Gasteiger partial charge in [0.05, 0.1) is 26.1 Å². The maximum Gasteiger partial charge on any atom is 0.309 e. The molecule has 6 fully saturated rings. The van der Waals surface area contributed by atoms with Gasteiger partial charge >= 0.3 is 11.9 Å². The Hall–Kier alpha value is -1.06. The monoisotopic (exact) mass is 276 g/mol. The molecule has 0 aromatic carbocycles. The highest BCUT2D eigenvalue weighted by molar-refractivity contribution is 5.85. The van der Waals surface area contributed by atoms with Crippen LogP contribution in [0, 0.1) is 58.2 Å². The Bertz CT molecular complexity index is 497. The van der Waals surface area contributed by atoms with Gasteiger partial charge in [0, 0.05) is 0 Å². The molecule has 0 N–H and O–H groups in total. The molecule has 2 bridgehead atoms. The molecule has 8 atom stereocenters. The van der Waals surface area contributed by atoms with Crippen molar-refractivity contribution >= 4 is 11.9 Å². The highest BCUT2D eigenvalue weighted by atomic mass is 16.5. The van der Waals surface area contributed by atoms with Crippen molar-refractivity contribution in [1.29, 1.82) is 0 Å². The van der Waals surface area contributed by atoms with E-state index in [1.165, 1.54) is 14.2 Å². The van der Waals surface area contributed by atoms with Gasteiger partial charge in [0.25, 0.3) is 0 Å². The summed E-state index contributed by atoms with van der Waals surface area (Å²) >= 11 is 0. The molecule has 4 nitrogen and oxygen atoms in total. The first-order chi connectivity index (χ1) is 9.46. The van der Waals surface area contributed by atoms with Gasteiger partial charge in [-0.15, -0.1) is 0 Å². The minimum Gasteiger partial charge on any atom is -0.469 e. The second-order valence-corrected chi connectivity index (χ2v) is 7.92. The fourth-order valence-electron chi connectivity index (χ4n) is 7.85. The lowest BCUT2D eigenvalue weighted by atomic mass is 9.58. The standard InChI is InChI=1S/C16H20O4/c1-15-9-7-5(13(17)19-3)6(14(18)20-4)8(10(9)15)12-11(7)16(12,15)2/h5-12H,1-4H3/t5-,6+,7?,8?,9+,10-,11+,12-,15?,16?. The quantitative estimate of drug-likeness (QED) is 0.714. The summed E-state index contributed by atoms with van der Waals surface area (Å²) in [5.41, 5.74) is 0.763. The van der Waals surface area contributed by atoms with Gasteiger partial charge in [-0.1, -0.05) is 13.8 Å². The Morgan fingerprint density at radius 1 is 0.750 bits per heavy atom. The molecule has 6 rings (SSSR count). The smallest absolute Gasteiger partial charge is 0.309 e. The molecule has 0 radical (unpaired) electrons. The zero-order chi connectivity index (χ0) is 14.2. The van der Waals surface area contributed by atoms with Crippen molar-refractivity contribution in [3.05, 3.63) is 0 Å². The molecule has 0 aromatic heterocycles. The first-order valence-electron chi connectivity index (χ1n) is 7.62. The molecule has 6 aliphatic carbocycles. The van der Waals surface area contributed by atoms with Crippen molar-refractivity contribution in [3.63, 3.8) is 0 Å². The molecule has 0 aromatic rings. The molecule has 0 saturated heterocycles. The van der Waals surface area contributed by atoms with Crippen LogP contribution in [0.25, 0.3) is 0 Å². The molecule has 108 valence electrons. The third-order valence-corrected chi connectivity index (χ3v) is 8.31. The fraction of sp³-hybridized carbons (Fsp3) is 0.875. The van der Waals surface area contributed by atoms with Gasteiger partial charge in [0.2, 0.25) is 0 Å². The Balaban J connectivity index is 1.65. The van der Waals surface area contributed by atoms with Crippen LogP contribution < -0.4 is 0 Å². The van der Waals surface area contributed by atoms with Crippen LogP contribution in [0.15, 0.2) is 0 Å². The summed E-state index contributed by atoms with van der Waals surface area (Å²) in [4.78, 5) is 24.6. The van der Waals surface area contributed by atoms with Gasteiger partial charge in [-0.05, 0) is 46.3 Å². The van der Waals surface area contributed by atoms with E-state index in [-0.39, 0.29) is 23.8 Å². The van der Waals surface area contributed by atoms with Gasteiger partial charge in [0.1, 0.15) is 0 Å². The van der Waals surface area contributed by atoms with Crippen molar-refractivity contribution in [1.82, 2.24) is 0 Å². The molecule has 0 spiro atoms. The average Bonchev–Trinajstić information content (AvgIpc) is 3.27. The Morgan fingerprint density at radius 3 is 1.30 bits per heavy atom. The number of carbonyl (C=O) groups excluding carboxylic acids is 2. The number of methoxy groups -OCH3 is 2. The van der Waals surface area contributed by atoms with Crippen molar-refractivity contribution in [3.8, 4) is 0 Å². The Morgan fingerprint density at radius 2 is 1.05 bits per heavy atom. The largest absolute Gasteiger partial charge is 0.469 e. The SMILES string of the molecule is COC(=O)[C@@H]1C2[C@@H]3[C@@H]4C([C@@H]1C(=O)OC)[C@H]1[C@@H]2C1(C)C34C. The van der Waals surface area contributed by atoms with E-state index < -0.39 is 0 Å². The van der Waals surface area contributed by atoms with E-state index in [4.69, 9.17) is 9.47 Å². The second-order valence-electron chi connectivity index (χ2n) is 7.92. The number of carbonyl (C=O) groups is 2. The lowest BCUT2D eigenvalue weighted by Gasteiger charge is -2.44. The molecule has 0 amide bonds. The first-order valence-corrected chi connectivity index (χ1v) is 7.62. The van der Waals surface area contributed by atoms with Gasteiger partial charge in [-0.3, -0.25) is 9.59 Å². The lowest BCUT2D eigenvalue weighted by Crippen LogP contribution is -2.51. The van der Waals surface area contributed by atoms with Crippen molar-refractivity contribution < 1.29 is 19.1 Å². The third-order valence-electron chi connectivity index (χ3n) is 8.31. The number of rotatable bonds is 2. The molecule has 6 saturated carbocycles. The van der Waals surface area contributed by atoms with Gasteiger partial charge in [0.15, 0.2) is 0 Å². The lowest BCUT2D eigenvalue weighted by molar-refractivity contribution is -0.171. The summed E-state index contributed by atoms with van der Waals surface area (Å²) in [5.74, 6) is 2.42. The zero-order valence-electron chi connectivity index (χ0n) is 12.3. The highest BCUT2D eigenvalue weighted by Gasteiger charge is 3.01. The van der Waals surface area contributed by atoms with E-state index >= 15 is 0 Å². The predicted molar refractivity (Wildman–Crippen MR) is 68.2 cm³/mol. The number of hydrogen-bond acceptors (Lipinski definition) is 4. The number of hydrogen-bond donors (Lipinski definition) is 0. The van der Waals surface area contributed by atoms with E-state index in [1.807, 2.05) is 0 Å². The van der Waals surface area contributed by atoms with Crippen LogP contribution in [0.1, 0.15) is 13.8 Å². The Kier molecular flexibility index (Phi) is 1.62. The molecule has 2 unspecified atom stereocenters. The Labute approximate surface area is 118 Å². The second kappa shape index (κ2) is 2.79. The van der Waals surface area contributed by atoms with Crippen LogP contribution in [0.2, 0.25) is 0 Å². The summed E-state index contributed by atoms with van der Waals surface area (Å²) in [6, 6.07) is 0. The van der Waals surface area contributed by atoms with E-state index in [1.54, 1.807) is 0 Å². The molecule has 0 heterocycles. The van der Waals surface area contributed by atoms with E-state index in [0.29, 0.717) is 46.3 Å². The summed E-state index contributed by atoms with van der Waals surface area (Å²) in [5, 5.41) is 0. The third kappa shape index (κ3) is 0.746. The van der Waals surface area contributed by atoms with E-state index in [9.17, 15) is 9.59 Å². The van der Waals surface area contributed by atoms with Gasteiger partial charge < -0.3 is 9.47 Å². The maximum atomic E-state index is 12.3.